The quantitative estimate of drug-likeness (QED) is 0.815. The van der Waals surface area contributed by atoms with Gasteiger partial charge >= 0.3 is 0 Å². The predicted octanol–water partition coefficient (Wildman–Crippen LogP) is 2.06. The Morgan fingerprint density at radius 1 is 1.33 bits per heavy atom. The standard InChI is InChI=1S/C14H25N3O/c1-6-8-15-10-11-9-12(14(3,4)5)16-17(7-2)13(11)18/h9,15H,6-8,10H2,1-5H3. The van der Waals surface area contributed by atoms with Gasteiger partial charge < -0.3 is 5.32 Å². The maximum atomic E-state index is 12.1. The van der Waals surface area contributed by atoms with E-state index in [2.05, 4.69) is 38.1 Å². The summed E-state index contributed by atoms with van der Waals surface area (Å²) >= 11 is 0. The van der Waals surface area contributed by atoms with Crippen LogP contribution in [0.2, 0.25) is 0 Å². The molecule has 4 heteroatoms. The summed E-state index contributed by atoms with van der Waals surface area (Å²) in [6, 6.07) is 1.94. The summed E-state index contributed by atoms with van der Waals surface area (Å²) in [6.45, 7) is 12.6. The average molecular weight is 251 g/mol. The normalized spacial score (nSPS) is 11.8. The Balaban J connectivity index is 3.11. The van der Waals surface area contributed by atoms with Gasteiger partial charge in [0.1, 0.15) is 0 Å². The first-order valence-corrected chi connectivity index (χ1v) is 6.72. The molecule has 1 rings (SSSR count). The number of nitrogens with one attached hydrogen (secondary N) is 1. The van der Waals surface area contributed by atoms with Gasteiger partial charge in [-0.05, 0) is 26.0 Å². The molecule has 0 amide bonds. The molecule has 0 bridgehead atoms. The highest BCUT2D eigenvalue weighted by molar-refractivity contribution is 5.19. The molecule has 1 N–H and O–H groups in total. The molecule has 4 nitrogen and oxygen atoms in total. The Bertz CT molecular complexity index is 443. The zero-order valence-electron chi connectivity index (χ0n) is 12.2. The molecule has 0 unspecified atom stereocenters. The van der Waals surface area contributed by atoms with Gasteiger partial charge in [0.25, 0.3) is 5.56 Å². The van der Waals surface area contributed by atoms with Crippen LogP contribution in [0.4, 0.5) is 0 Å². The molecule has 0 aromatic carbocycles. The third-order valence-electron chi connectivity index (χ3n) is 2.86. The van der Waals surface area contributed by atoms with Crippen molar-refractivity contribution in [3.8, 4) is 0 Å². The van der Waals surface area contributed by atoms with Crippen molar-refractivity contribution < 1.29 is 0 Å². The van der Waals surface area contributed by atoms with E-state index in [0.717, 1.165) is 24.2 Å². The summed E-state index contributed by atoms with van der Waals surface area (Å²) in [7, 11) is 0. The topological polar surface area (TPSA) is 46.9 Å². The highest BCUT2D eigenvalue weighted by Gasteiger charge is 2.18. The van der Waals surface area contributed by atoms with Crippen LogP contribution in [0.1, 0.15) is 52.3 Å². The maximum Gasteiger partial charge on any atom is 0.271 e. The predicted molar refractivity (Wildman–Crippen MR) is 74.9 cm³/mol. The molecule has 18 heavy (non-hydrogen) atoms. The fraction of sp³-hybridized carbons (Fsp3) is 0.714. The summed E-state index contributed by atoms with van der Waals surface area (Å²) in [5, 5.41) is 7.71. The third kappa shape index (κ3) is 3.67. The van der Waals surface area contributed by atoms with Crippen LogP contribution in [0.15, 0.2) is 10.9 Å². The third-order valence-corrected chi connectivity index (χ3v) is 2.86. The Kier molecular flexibility index (Phi) is 5.08. The molecular weight excluding hydrogens is 226 g/mol. The van der Waals surface area contributed by atoms with Crippen molar-refractivity contribution in [2.45, 2.75) is 59.5 Å². The van der Waals surface area contributed by atoms with Gasteiger partial charge in [-0.15, -0.1) is 0 Å². The molecule has 102 valence electrons. The Hall–Kier alpha value is -1.16. The lowest BCUT2D eigenvalue weighted by Gasteiger charge is -2.19. The molecule has 0 fully saturated rings. The fourth-order valence-electron chi connectivity index (χ4n) is 1.70. The van der Waals surface area contributed by atoms with Gasteiger partial charge in [0.15, 0.2) is 0 Å². The van der Waals surface area contributed by atoms with E-state index < -0.39 is 0 Å². The number of hydrogen-bond donors (Lipinski definition) is 1. The van der Waals surface area contributed by atoms with Crippen molar-refractivity contribution in [2.24, 2.45) is 0 Å². The first-order valence-electron chi connectivity index (χ1n) is 6.72. The molecule has 0 aliphatic carbocycles. The molecule has 0 spiro atoms. The van der Waals surface area contributed by atoms with Crippen LogP contribution in [-0.2, 0) is 18.5 Å². The average Bonchev–Trinajstić information content (AvgIpc) is 2.30. The molecule has 0 saturated heterocycles. The highest BCUT2D eigenvalue weighted by Crippen LogP contribution is 2.19. The largest absolute Gasteiger partial charge is 0.312 e. The van der Waals surface area contributed by atoms with E-state index in [9.17, 15) is 4.79 Å². The van der Waals surface area contributed by atoms with Crippen molar-refractivity contribution in [3.05, 3.63) is 27.7 Å². The van der Waals surface area contributed by atoms with E-state index >= 15 is 0 Å². The van der Waals surface area contributed by atoms with Crippen molar-refractivity contribution in [2.75, 3.05) is 6.54 Å². The lowest BCUT2D eigenvalue weighted by Crippen LogP contribution is -2.32. The minimum absolute atomic E-state index is 0.0223. The van der Waals surface area contributed by atoms with Gasteiger partial charge in [-0.2, -0.15) is 5.10 Å². The lowest BCUT2D eigenvalue weighted by molar-refractivity contribution is 0.504. The summed E-state index contributed by atoms with van der Waals surface area (Å²) in [5.41, 5.74) is 1.76. The van der Waals surface area contributed by atoms with Crippen LogP contribution < -0.4 is 10.9 Å². The van der Waals surface area contributed by atoms with Gasteiger partial charge in [-0.3, -0.25) is 4.79 Å². The zero-order valence-corrected chi connectivity index (χ0v) is 12.2. The van der Waals surface area contributed by atoms with Gasteiger partial charge in [0, 0.05) is 24.1 Å². The van der Waals surface area contributed by atoms with Crippen molar-refractivity contribution in [3.63, 3.8) is 0 Å². The second-order valence-corrected chi connectivity index (χ2v) is 5.60. The fourth-order valence-corrected chi connectivity index (χ4v) is 1.70. The molecule has 0 aliphatic rings. The number of nitrogens with zero attached hydrogens (tertiary/aromatic N) is 2. The molecule has 1 aromatic heterocycles. The summed E-state index contributed by atoms with van der Waals surface area (Å²) < 4.78 is 1.56. The molecule has 0 aliphatic heterocycles. The second-order valence-electron chi connectivity index (χ2n) is 5.60. The van der Waals surface area contributed by atoms with E-state index in [-0.39, 0.29) is 11.0 Å². The number of aryl methyl sites for hydroxylation is 1. The van der Waals surface area contributed by atoms with Crippen molar-refractivity contribution >= 4 is 0 Å². The first-order chi connectivity index (χ1) is 8.40. The SMILES string of the molecule is CCCNCc1cc(C(C)(C)C)nn(CC)c1=O. The van der Waals surface area contributed by atoms with Crippen LogP contribution in [0.3, 0.4) is 0 Å². The van der Waals surface area contributed by atoms with Crippen LogP contribution >= 0.6 is 0 Å². The van der Waals surface area contributed by atoms with Gasteiger partial charge in [0.05, 0.1) is 5.69 Å². The summed E-state index contributed by atoms with van der Waals surface area (Å²) in [5.74, 6) is 0. The number of rotatable bonds is 5. The Morgan fingerprint density at radius 2 is 2.00 bits per heavy atom. The van der Waals surface area contributed by atoms with Crippen molar-refractivity contribution in [1.29, 1.82) is 0 Å². The molecular formula is C14H25N3O. The Morgan fingerprint density at radius 3 is 2.50 bits per heavy atom. The van der Waals surface area contributed by atoms with Crippen LogP contribution in [0.5, 0.6) is 0 Å². The van der Waals surface area contributed by atoms with Crippen LogP contribution in [0.25, 0.3) is 0 Å². The first kappa shape index (κ1) is 14.9. The minimum Gasteiger partial charge on any atom is -0.312 e. The molecule has 0 saturated carbocycles. The van der Waals surface area contributed by atoms with E-state index in [1.807, 2.05) is 13.0 Å². The Labute approximate surface area is 109 Å². The number of aromatic nitrogens is 2. The minimum atomic E-state index is -0.0376. The van der Waals surface area contributed by atoms with Crippen LogP contribution in [0, 0.1) is 0 Å². The van der Waals surface area contributed by atoms with E-state index in [1.165, 1.54) is 0 Å². The van der Waals surface area contributed by atoms with Gasteiger partial charge in [0.2, 0.25) is 0 Å². The smallest absolute Gasteiger partial charge is 0.271 e. The van der Waals surface area contributed by atoms with E-state index in [1.54, 1.807) is 4.68 Å². The molecule has 1 aromatic rings. The lowest BCUT2D eigenvalue weighted by atomic mass is 9.91. The maximum absolute atomic E-state index is 12.1. The molecule has 1 heterocycles. The van der Waals surface area contributed by atoms with Crippen LogP contribution in [-0.4, -0.2) is 16.3 Å². The van der Waals surface area contributed by atoms with E-state index in [0.29, 0.717) is 13.1 Å². The zero-order chi connectivity index (χ0) is 13.8. The van der Waals surface area contributed by atoms with E-state index in [4.69, 9.17) is 0 Å². The monoisotopic (exact) mass is 251 g/mol. The molecule has 0 radical (unpaired) electrons. The summed E-state index contributed by atoms with van der Waals surface area (Å²) in [6.07, 6.45) is 1.07. The van der Waals surface area contributed by atoms with Gasteiger partial charge in [-0.1, -0.05) is 27.7 Å². The van der Waals surface area contributed by atoms with Crippen molar-refractivity contribution in [1.82, 2.24) is 15.1 Å². The highest BCUT2D eigenvalue weighted by atomic mass is 16.1. The van der Waals surface area contributed by atoms with Gasteiger partial charge in [-0.25, -0.2) is 4.68 Å². The second kappa shape index (κ2) is 6.14. The summed E-state index contributed by atoms with van der Waals surface area (Å²) in [4.78, 5) is 12.1. The number of hydrogen-bond acceptors (Lipinski definition) is 3. The molecule has 0 atom stereocenters.